The Morgan fingerprint density at radius 3 is 1.86 bits per heavy atom. The lowest BCUT2D eigenvalue weighted by molar-refractivity contribution is -0.156. The molecule has 2 rings (SSSR count). The number of esters is 1. The Morgan fingerprint density at radius 2 is 1.31 bits per heavy atom. The Bertz CT molecular complexity index is 663. The van der Waals surface area contributed by atoms with Gasteiger partial charge in [0.2, 0.25) is 0 Å². The van der Waals surface area contributed by atoms with Gasteiger partial charge in [0.05, 0.1) is 65.9 Å². The number of carbonyl (C=O) groups is 2. The maximum atomic E-state index is 11.8. The number of hydrogen-bond acceptors (Lipinski definition) is 8. The molecule has 1 N–H and O–H groups in total. The minimum atomic E-state index is -0.472. The van der Waals surface area contributed by atoms with Crippen LogP contribution in [0.1, 0.15) is 52.9 Å². The van der Waals surface area contributed by atoms with Crippen LogP contribution in [-0.2, 0) is 33.2 Å². The van der Waals surface area contributed by atoms with Crippen LogP contribution in [0.4, 0.5) is 4.79 Å². The molecule has 0 aliphatic heterocycles. The smallest absolute Gasteiger partial charge is 0.407 e. The van der Waals surface area contributed by atoms with Crippen molar-refractivity contribution in [2.45, 2.75) is 58.5 Å². The summed E-state index contributed by atoms with van der Waals surface area (Å²) in [6.45, 7) is 9.79. The largest absolute Gasteiger partial charge is 0.460 e. The van der Waals surface area contributed by atoms with Crippen molar-refractivity contribution in [3.05, 3.63) is 0 Å². The van der Waals surface area contributed by atoms with Gasteiger partial charge >= 0.3 is 12.1 Å². The van der Waals surface area contributed by atoms with Gasteiger partial charge in [0, 0.05) is 19.4 Å². The molecule has 1 fully saturated rings. The van der Waals surface area contributed by atoms with Gasteiger partial charge in [-0.2, -0.15) is 0 Å². The third-order valence-corrected chi connectivity index (χ3v) is 5.75. The van der Waals surface area contributed by atoms with Crippen LogP contribution in [0.5, 0.6) is 0 Å². The van der Waals surface area contributed by atoms with Crippen molar-refractivity contribution in [3.63, 3.8) is 0 Å². The summed E-state index contributed by atoms with van der Waals surface area (Å²) in [7, 11) is 0. The predicted molar refractivity (Wildman–Crippen MR) is 130 cm³/mol. The van der Waals surface area contributed by atoms with Crippen LogP contribution in [0, 0.1) is 29.6 Å². The molecule has 9 heteroatoms. The average molecular weight is 498 g/mol. The third-order valence-electron chi connectivity index (χ3n) is 5.75. The highest BCUT2D eigenvalue weighted by atomic mass is 16.6. The zero-order valence-electron chi connectivity index (χ0n) is 21.6. The summed E-state index contributed by atoms with van der Waals surface area (Å²) >= 11 is 0. The Morgan fingerprint density at radius 1 is 0.800 bits per heavy atom. The van der Waals surface area contributed by atoms with Crippen LogP contribution in [-0.4, -0.2) is 83.7 Å². The van der Waals surface area contributed by atoms with E-state index in [4.69, 9.17) is 28.4 Å². The van der Waals surface area contributed by atoms with Crippen molar-refractivity contribution in [3.8, 4) is 11.8 Å². The Hall–Kier alpha value is -1.86. The second kappa shape index (κ2) is 16.7. The number of hydrogen-bond donors (Lipinski definition) is 1. The van der Waals surface area contributed by atoms with Crippen LogP contribution in [0.25, 0.3) is 0 Å². The molecule has 1 amide bonds. The summed E-state index contributed by atoms with van der Waals surface area (Å²) in [5, 5.41) is 2.72. The van der Waals surface area contributed by atoms with Gasteiger partial charge in [0.15, 0.2) is 0 Å². The van der Waals surface area contributed by atoms with Gasteiger partial charge in [-0.05, 0) is 51.4 Å². The van der Waals surface area contributed by atoms with Gasteiger partial charge in [-0.3, -0.25) is 4.79 Å². The molecule has 2 aliphatic carbocycles. The zero-order valence-corrected chi connectivity index (χ0v) is 21.6. The van der Waals surface area contributed by atoms with Gasteiger partial charge < -0.3 is 33.7 Å². The molecule has 0 heterocycles. The molecule has 2 atom stereocenters. The van der Waals surface area contributed by atoms with Crippen molar-refractivity contribution < 1.29 is 38.0 Å². The summed E-state index contributed by atoms with van der Waals surface area (Å²) < 4.78 is 32.2. The van der Waals surface area contributed by atoms with Gasteiger partial charge in [-0.1, -0.05) is 0 Å². The number of amides is 1. The molecule has 0 aromatic carbocycles. The first-order chi connectivity index (χ1) is 16.9. The first kappa shape index (κ1) is 29.4. The van der Waals surface area contributed by atoms with E-state index in [-0.39, 0.29) is 18.5 Å². The quantitative estimate of drug-likeness (QED) is 0.186. The second-order valence-corrected chi connectivity index (χ2v) is 9.73. The lowest BCUT2D eigenvalue weighted by Crippen LogP contribution is -2.29. The van der Waals surface area contributed by atoms with E-state index < -0.39 is 5.60 Å². The molecular weight excluding hydrogens is 454 g/mol. The molecule has 2 unspecified atom stereocenters. The fourth-order valence-corrected chi connectivity index (χ4v) is 4.04. The first-order valence-corrected chi connectivity index (χ1v) is 12.8. The number of rotatable bonds is 17. The minimum Gasteiger partial charge on any atom is -0.460 e. The van der Waals surface area contributed by atoms with E-state index in [0.717, 1.165) is 25.7 Å². The Labute approximate surface area is 209 Å². The van der Waals surface area contributed by atoms with Crippen molar-refractivity contribution in [1.29, 1.82) is 0 Å². The van der Waals surface area contributed by atoms with Crippen LogP contribution in [0.2, 0.25) is 0 Å². The maximum Gasteiger partial charge on any atom is 0.407 e. The fourth-order valence-electron chi connectivity index (χ4n) is 4.04. The van der Waals surface area contributed by atoms with Crippen molar-refractivity contribution >= 4 is 12.1 Å². The molecular formula is C26H43NO8. The number of carbonyl (C=O) groups excluding carboxylic acids is 2. The molecule has 35 heavy (non-hydrogen) atoms. The van der Waals surface area contributed by atoms with Gasteiger partial charge in [-0.25, -0.2) is 4.79 Å². The standard InChI is InChI=1S/C26H43NO8/c1-26(2,3)35-24(28)10-12-30-14-16-32-18-19-33-17-15-31-13-11-27-25(29)34-20-23-21-8-6-4-5-7-9-22(21)23/h21-23H,6-20H2,1-3H3,(H,27,29). The molecule has 0 spiro atoms. The Balaban J connectivity index is 1.27. The van der Waals surface area contributed by atoms with Gasteiger partial charge in [-0.15, -0.1) is 11.8 Å². The monoisotopic (exact) mass is 497 g/mol. The summed E-state index contributed by atoms with van der Waals surface area (Å²) in [5.74, 6) is 7.97. The van der Waals surface area contributed by atoms with Crippen LogP contribution >= 0.6 is 0 Å². The summed E-state index contributed by atoms with van der Waals surface area (Å²) in [4.78, 5) is 23.4. The van der Waals surface area contributed by atoms with E-state index in [9.17, 15) is 9.59 Å². The highest BCUT2D eigenvalue weighted by Gasteiger charge is 2.49. The molecule has 1 saturated carbocycles. The molecule has 0 aromatic heterocycles. The molecule has 0 saturated heterocycles. The maximum absolute atomic E-state index is 11.8. The highest BCUT2D eigenvalue weighted by molar-refractivity contribution is 5.69. The van der Waals surface area contributed by atoms with E-state index in [2.05, 4.69) is 17.2 Å². The van der Waals surface area contributed by atoms with Gasteiger partial charge in [0.1, 0.15) is 5.60 Å². The highest BCUT2D eigenvalue weighted by Crippen LogP contribution is 2.52. The second-order valence-electron chi connectivity index (χ2n) is 9.73. The molecule has 0 bridgehead atoms. The SMILES string of the molecule is CC(C)(C)OC(=O)CCOCCOCCOCCOCCNC(=O)OCC1C2CCC#CCCC21. The van der Waals surface area contributed by atoms with E-state index >= 15 is 0 Å². The Kier molecular flexibility index (Phi) is 14.1. The van der Waals surface area contributed by atoms with Crippen molar-refractivity contribution in [2.75, 3.05) is 66.0 Å². The van der Waals surface area contributed by atoms with Gasteiger partial charge in [0.25, 0.3) is 0 Å². The molecule has 200 valence electrons. The lowest BCUT2D eigenvalue weighted by Gasteiger charge is -2.19. The van der Waals surface area contributed by atoms with E-state index in [1.807, 2.05) is 20.8 Å². The normalized spacial score (nSPS) is 21.1. The topological polar surface area (TPSA) is 102 Å². The van der Waals surface area contributed by atoms with Crippen molar-refractivity contribution in [1.82, 2.24) is 5.32 Å². The summed E-state index contributed by atoms with van der Waals surface area (Å²) in [6, 6.07) is 0. The van der Waals surface area contributed by atoms with Crippen LogP contribution in [0.3, 0.4) is 0 Å². The van der Waals surface area contributed by atoms with E-state index in [0.29, 0.717) is 83.8 Å². The predicted octanol–water partition coefficient (Wildman–Crippen LogP) is 2.95. The fraction of sp³-hybridized carbons (Fsp3) is 0.846. The lowest BCUT2D eigenvalue weighted by atomic mass is 10.1. The summed E-state index contributed by atoms with van der Waals surface area (Å²) in [6.07, 6.45) is 4.03. The average Bonchev–Trinajstić information content (AvgIpc) is 3.42. The minimum absolute atomic E-state index is 0.231. The van der Waals surface area contributed by atoms with E-state index in [1.165, 1.54) is 0 Å². The molecule has 9 nitrogen and oxygen atoms in total. The number of nitrogens with one attached hydrogen (secondary N) is 1. The number of alkyl carbamates (subject to hydrolysis) is 1. The third kappa shape index (κ3) is 14.3. The van der Waals surface area contributed by atoms with Crippen LogP contribution in [0.15, 0.2) is 0 Å². The number of fused-ring (bicyclic) bond motifs is 1. The first-order valence-electron chi connectivity index (χ1n) is 12.8. The summed E-state index contributed by atoms with van der Waals surface area (Å²) in [5.41, 5.74) is -0.472. The van der Waals surface area contributed by atoms with Crippen LogP contribution < -0.4 is 5.32 Å². The van der Waals surface area contributed by atoms with E-state index in [1.54, 1.807) is 0 Å². The molecule has 0 radical (unpaired) electrons. The zero-order chi connectivity index (χ0) is 25.4. The molecule has 2 aliphatic rings. The van der Waals surface area contributed by atoms with Crippen molar-refractivity contribution in [2.24, 2.45) is 17.8 Å². The molecule has 0 aromatic rings. The number of ether oxygens (including phenoxy) is 6.